The summed E-state index contributed by atoms with van der Waals surface area (Å²) in [4.78, 5) is 41.2. The van der Waals surface area contributed by atoms with Crippen LogP contribution in [0.15, 0.2) is 18.2 Å². The van der Waals surface area contributed by atoms with Crippen LogP contribution in [0.3, 0.4) is 0 Å². The molecule has 1 saturated carbocycles. The van der Waals surface area contributed by atoms with Crippen LogP contribution >= 0.6 is 0 Å². The van der Waals surface area contributed by atoms with E-state index in [2.05, 4.69) is 10.2 Å². The highest BCUT2D eigenvalue weighted by molar-refractivity contribution is 5.99. The molecule has 0 radical (unpaired) electrons. The number of hydrogen-bond donors (Lipinski definition) is 1. The Hall–Kier alpha value is -2.21. The fourth-order valence-electron chi connectivity index (χ4n) is 3.62. The molecule has 2 aliphatic rings. The standard InChI is InChI=1S/C22H31N3O3/c1-15-4-5-16(2)19(14-15)20(26)8-9-21(27)25-12-10-24(11-13-25)17(3)22(28)23-18-6-7-18/h4-5,14,17-18H,6-13H2,1-3H3,(H,23,28). The molecule has 1 aromatic rings. The normalized spacial score (nSPS) is 18.6. The van der Waals surface area contributed by atoms with Crippen LogP contribution in [0, 0.1) is 13.8 Å². The summed E-state index contributed by atoms with van der Waals surface area (Å²) < 4.78 is 0. The zero-order chi connectivity index (χ0) is 20.3. The van der Waals surface area contributed by atoms with Crippen molar-refractivity contribution in [2.45, 2.75) is 58.5 Å². The molecule has 1 aliphatic carbocycles. The van der Waals surface area contributed by atoms with Gasteiger partial charge in [-0.2, -0.15) is 0 Å². The Morgan fingerprint density at radius 3 is 2.39 bits per heavy atom. The number of nitrogens with one attached hydrogen (secondary N) is 1. The summed E-state index contributed by atoms with van der Waals surface area (Å²) in [6, 6.07) is 6.04. The van der Waals surface area contributed by atoms with Crippen molar-refractivity contribution in [2.75, 3.05) is 26.2 Å². The van der Waals surface area contributed by atoms with Gasteiger partial charge in [0.25, 0.3) is 0 Å². The first kappa shape index (κ1) is 20.5. The van der Waals surface area contributed by atoms with Crippen LogP contribution < -0.4 is 5.32 Å². The Balaban J connectivity index is 1.44. The third-order valence-electron chi connectivity index (χ3n) is 5.78. The molecule has 6 heteroatoms. The Labute approximate surface area is 167 Å². The number of carbonyl (C=O) groups excluding carboxylic acids is 3. The van der Waals surface area contributed by atoms with E-state index in [1.165, 1.54) is 0 Å². The van der Waals surface area contributed by atoms with Crippen molar-refractivity contribution in [2.24, 2.45) is 0 Å². The Kier molecular flexibility index (Phi) is 6.50. The lowest BCUT2D eigenvalue weighted by Gasteiger charge is -2.37. The summed E-state index contributed by atoms with van der Waals surface area (Å²) in [7, 11) is 0. The summed E-state index contributed by atoms with van der Waals surface area (Å²) in [6.45, 7) is 8.42. The van der Waals surface area contributed by atoms with E-state index in [0.29, 0.717) is 37.8 Å². The number of nitrogens with zero attached hydrogens (tertiary/aromatic N) is 2. The van der Waals surface area contributed by atoms with Crippen LogP contribution in [-0.2, 0) is 9.59 Å². The Bertz CT molecular complexity index is 749. The van der Waals surface area contributed by atoms with Crippen molar-refractivity contribution in [1.29, 1.82) is 0 Å². The first-order valence-corrected chi connectivity index (χ1v) is 10.3. The molecule has 1 atom stereocenters. The highest BCUT2D eigenvalue weighted by atomic mass is 16.2. The predicted octanol–water partition coefficient (Wildman–Crippen LogP) is 2.08. The van der Waals surface area contributed by atoms with Crippen LogP contribution in [0.1, 0.15) is 54.1 Å². The number of amides is 2. The van der Waals surface area contributed by atoms with Crippen LogP contribution in [0.2, 0.25) is 0 Å². The molecule has 3 rings (SSSR count). The van der Waals surface area contributed by atoms with E-state index in [-0.39, 0.29) is 36.5 Å². The SMILES string of the molecule is Cc1ccc(C)c(C(=O)CCC(=O)N2CCN(C(C)C(=O)NC3CC3)CC2)c1. The maximum absolute atomic E-state index is 12.5. The van der Waals surface area contributed by atoms with E-state index >= 15 is 0 Å². The highest BCUT2D eigenvalue weighted by Crippen LogP contribution is 2.19. The minimum atomic E-state index is -0.163. The lowest BCUT2D eigenvalue weighted by molar-refractivity contribution is -0.134. The predicted molar refractivity (Wildman–Crippen MR) is 108 cm³/mol. The maximum atomic E-state index is 12.5. The van der Waals surface area contributed by atoms with Crippen molar-refractivity contribution < 1.29 is 14.4 Å². The van der Waals surface area contributed by atoms with E-state index in [0.717, 1.165) is 24.0 Å². The Morgan fingerprint density at radius 2 is 1.75 bits per heavy atom. The van der Waals surface area contributed by atoms with Gasteiger partial charge >= 0.3 is 0 Å². The van der Waals surface area contributed by atoms with Gasteiger partial charge in [0.2, 0.25) is 11.8 Å². The zero-order valence-corrected chi connectivity index (χ0v) is 17.2. The number of benzene rings is 1. The summed E-state index contributed by atoms with van der Waals surface area (Å²) in [5, 5.41) is 3.04. The number of aryl methyl sites for hydroxylation is 2. The molecular weight excluding hydrogens is 354 g/mol. The van der Waals surface area contributed by atoms with Crippen LogP contribution in [0.5, 0.6) is 0 Å². The molecule has 1 unspecified atom stereocenters. The highest BCUT2D eigenvalue weighted by Gasteiger charge is 2.30. The van der Waals surface area contributed by atoms with Gasteiger partial charge in [-0.1, -0.05) is 17.7 Å². The average molecular weight is 386 g/mol. The van der Waals surface area contributed by atoms with Gasteiger partial charge < -0.3 is 10.2 Å². The lowest BCUT2D eigenvalue weighted by atomic mass is 9.99. The van der Waals surface area contributed by atoms with Crippen molar-refractivity contribution in [3.05, 3.63) is 34.9 Å². The van der Waals surface area contributed by atoms with Gasteiger partial charge in [0.15, 0.2) is 5.78 Å². The molecule has 0 spiro atoms. The van der Waals surface area contributed by atoms with Gasteiger partial charge in [-0.05, 0) is 45.2 Å². The molecule has 28 heavy (non-hydrogen) atoms. The summed E-state index contributed by atoms with van der Waals surface area (Å²) in [5.41, 5.74) is 2.72. The van der Waals surface area contributed by atoms with E-state index < -0.39 is 0 Å². The largest absolute Gasteiger partial charge is 0.352 e. The molecule has 1 N–H and O–H groups in total. The molecular formula is C22H31N3O3. The van der Waals surface area contributed by atoms with Crippen LogP contribution in [0.25, 0.3) is 0 Å². The summed E-state index contributed by atoms with van der Waals surface area (Å²) in [5.74, 6) is 0.133. The van der Waals surface area contributed by atoms with E-state index in [4.69, 9.17) is 0 Å². The minimum absolute atomic E-state index is 0.0217. The van der Waals surface area contributed by atoms with Gasteiger partial charge in [-0.25, -0.2) is 0 Å². The molecule has 1 saturated heterocycles. The van der Waals surface area contributed by atoms with Gasteiger partial charge in [0.1, 0.15) is 0 Å². The maximum Gasteiger partial charge on any atom is 0.237 e. The third-order valence-corrected chi connectivity index (χ3v) is 5.78. The van der Waals surface area contributed by atoms with Crippen molar-refractivity contribution in [1.82, 2.24) is 15.1 Å². The molecule has 6 nitrogen and oxygen atoms in total. The molecule has 152 valence electrons. The number of rotatable bonds is 7. The third kappa shape index (κ3) is 5.19. The number of ketones is 1. The molecule has 2 amide bonds. The first-order chi connectivity index (χ1) is 13.3. The molecule has 1 heterocycles. The second kappa shape index (κ2) is 8.86. The lowest BCUT2D eigenvalue weighted by Crippen LogP contribution is -2.55. The topological polar surface area (TPSA) is 69.7 Å². The molecule has 1 aromatic carbocycles. The summed E-state index contributed by atoms with van der Waals surface area (Å²) in [6.07, 6.45) is 2.65. The number of carbonyl (C=O) groups is 3. The minimum Gasteiger partial charge on any atom is -0.352 e. The molecule has 2 fully saturated rings. The smallest absolute Gasteiger partial charge is 0.237 e. The second-order valence-electron chi connectivity index (χ2n) is 8.12. The quantitative estimate of drug-likeness (QED) is 0.730. The zero-order valence-electron chi connectivity index (χ0n) is 17.2. The van der Waals surface area contributed by atoms with Gasteiger partial charge in [0, 0.05) is 50.6 Å². The number of Topliss-reactive ketones (excluding diaryl/α,β-unsaturated/α-hetero) is 1. The fraction of sp³-hybridized carbons (Fsp3) is 0.591. The van der Waals surface area contributed by atoms with Crippen molar-refractivity contribution >= 4 is 17.6 Å². The molecule has 0 aromatic heterocycles. The van der Waals surface area contributed by atoms with Gasteiger partial charge in [0.05, 0.1) is 6.04 Å². The number of hydrogen-bond acceptors (Lipinski definition) is 4. The van der Waals surface area contributed by atoms with E-state index in [1.807, 2.05) is 43.9 Å². The number of piperazine rings is 1. The monoisotopic (exact) mass is 385 g/mol. The van der Waals surface area contributed by atoms with Crippen LogP contribution in [-0.4, -0.2) is 65.7 Å². The van der Waals surface area contributed by atoms with E-state index in [9.17, 15) is 14.4 Å². The van der Waals surface area contributed by atoms with Gasteiger partial charge in [-0.15, -0.1) is 0 Å². The molecule has 1 aliphatic heterocycles. The molecule has 0 bridgehead atoms. The Morgan fingerprint density at radius 1 is 1.07 bits per heavy atom. The first-order valence-electron chi connectivity index (χ1n) is 10.3. The second-order valence-corrected chi connectivity index (χ2v) is 8.12. The van der Waals surface area contributed by atoms with Gasteiger partial charge in [-0.3, -0.25) is 19.3 Å². The van der Waals surface area contributed by atoms with E-state index in [1.54, 1.807) is 0 Å². The van der Waals surface area contributed by atoms with Crippen LogP contribution in [0.4, 0.5) is 0 Å². The fourth-order valence-corrected chi connectivity index (χ4v) is 3.62. The average Bonchev–Trinajstić information content (AvgIpc) is 3.51. The van der Waals surface area contributed by atoms with Crippen molar-refractivity contribution in [3.8, 4) is 0 Å². The summed E-state index contributed by atoms with van der Waals surface area (Å²) >= 11 is 0. The van der Waals surface area contributed by atoms with Crippen molar-refractivity contribution in [3.63, 3.8) is 0 Å².